The minimum Gasteiger partial charge on any atom is -0.313 e. The summed E-state index contributed by atoms with van der Waals surface area (Å²) in [6.45, 7) is 7.05. The van der Waals surface area contributed by atoms with Gasteiger partial charge in [0.05, 0.1) is 0 Å². The van der Waals surface area contributed by atoms with Crippen molar-refractivity contribution in [3.8, 4) is 0 Å². The van der Waals surface area contributed by atoms with Gasteiger partial charge in [-0.05, 0) is 51.4 Å². The average molecular weight is 353 g/mol. The number of nitrogens with one attached hydrogen (secondary N) is 2. The Morgan fingerprint density at radius 2 is 0.955 bits per heavy atom. The number of hydrogen-bond donors (Lipinski definition) is 2. The van der Waals surface area contributed by atoms with E-state index in [1.807, 2.05) is 0 Å². The Labute approximate surface area is 150 Å². The second-order valence-electron chi connectivity index (χ2n) is 7.28. The first kappa shape index (κ1) is 22.5. The molecule has 2 saturated carbocycles. The molecule has 0 amide bonds. The van der Waals surface area contributed by atoms with Crippen LogP contribution in [-0.2, 0) is 0 Å². The van der Waals surface area contributed by atoms with Crippen LogP contribution in [0.2, 0.25) is 0 Å². The van der Waals surface area contributed by atoms with E-state index in [9.17, 15) is 0 Å². The minimum absolute atomic E-state index is 0. The van der Waals surface area contributed by atoms with E-state index in [1.165, 1.54) is 64.2 Å². The Hall–Kier alpha value is 0.500. The highest BCUT2D eigenvalue weighted by Crippen LogP contribution is 2.27. The zero-order valence-corrected chi connectivity index (χ0v) is 16.2. The van der Waals surface area contributed by atoms with Crippen molar-refractivity contribution in [1.82, 2.24) is 10.6 Å². The van der Waals surface area contributed by atoms with Gasteiger partial charge in [-0.25, -0.2) is 0 Å². The third kappa shape index (κ3) is 7.86. The molecule has 0 spiro atoms. The van der Waals surface area contributed by atoms with Crippen LogP contribution in [0, 0.1) is 11.8 Å². The fourth-order valence-electron chi connectivity index (χ4n) is 4.20. The molecule has 2 N–H and O–H groups in total. The molecule has 0 bridgehead atoms. The molecule has 134 valence electrons. The van der Waals surface area contributed by atoms with Crippen LogP contribution < -0.4 is 10.6 Å². The summed E-state index contributed by atoms with van der Waals surface area (Å²) in [4.78, 5) is 0. The summed E-state index contributed by atoms with van der Waals surface area (Å²) in [6, 6.07) is 1.42. The first-order valence-electron chi connectivity index (χ1n) is 9.24. The van der Waals surface area contributed by atoms with Gasteiger partial charge in [0.15, 0.2) is 0 Å². The van der Waals surface area contributed by atoms with Crippen molar-refractivity contribution in [2.24, 2.45) is 11.8 Å². The summed E-state index contributed by atoms with van der Waals surface area (Å²) < 4.78 is 0. The molecule has 2 aliphatic carbocycles. The van der Waals surface area contributed by atoms with Crippen LogP contribution in [0.3, 0.4) is 0 Å². The van der Waals surface area contributed by atoms with Crippen molar-refractivity contribution in [2.45, 2.75) is 90.1 Å². The molecule has 0 saturated heterocycles. The predicted molar refractivity (Wildman–Crippen MR) is 103 cm³/mol. The summed E-state index contributed by atoms with van der Waals surface area (Å²) >= 11 is 0. The second-order valence-corrected chi connectivity index (χ2v) is 7.28. The summed E-state index contributed by atoms with van der Waals surface area (Å²) in [6.07, 6.45) is 14.5. The van der Waals surface area contributed by atoms with Crippen LogP contribution in [-0.4, -0.2) is 25.2 Å². The van der Waals surface area contributed by atoms with Crippen LogP contribution in [0.1, 0.15) is 78.1 Å². The van der Waals surface area contributed by atoms with Crippen molar-refractivity contribution >= 4 is 24.8 Å². The van der Waals surface area contributed by atoms with Gasteiger partial charge in [-0.3, -0.25) is 0 Å². The first-order chi connectivity index (χ1) is 9.77. The molecule has 0 aromatic rings. The normalized spacial score (nSPS) is 23.2. The average Bonchev–Trinajstić information content (AvgIpc) is 2.53. The molecule has 2 rings (SSSR count). The van der Waals surface area contributed by atoms with Gasteiger partial charge in [0.25, 0.3) is 0 Å². The van der Waals surface area contributed by atoms with Crippen molar-refractivity contribution < 1.29 is 0 Å². The molecule has 2 aliphatic rings. The smallest absolute Gasteiger partial charge is 0.00794 e. The van der Waals surface area contributed by atoms with E-state index in [4.69, 9.17) is 0 Å². The van der Waals surface area contributed by atoms with E-state index in [-0.39, 0.29) is 24.8 Å². The van der Waals surface area contributed by atoms with Crippen LogP contribution in [0.25, 0.3) is 0 Å². The number of halogens is 2. The van der Waals surface area contributed by atoms with Crippen molar-refractivity contribution in [1.29, 1.82) is 0 Å². The maximum Gasteiger partial charge on any atom is 0.00794 e. The molecule has 0 aromatic carbocycles. The van der Waals surface area contributed by atoms with E-state index in [0.717, 1.165) is 24.9 Å². The topological polar surface area (TPSA) is 24.1 Å². The predicted octanol–water partition coefficient (Wildman–Crippen LogP) is 4.95. The molecule has 0 aromatic heterocycles. The van der Waals surface area contributed by atoms with E-state index in [2.05, 4.69) is 24.5 Å². The number of hydrogen-bond acceptors (Lipinski definition) is 2. The Bertz CT molecular complexity index is 225. The Morgan fingerprint density at radius 1 is 0.636 bits per heavy atom. The molecular weight excluding hydrogens is 315 g/mol. The van der Waals surface area contributed by atoms with Gasteiger partial charge < -0.3 is 10.6 Å². The quantitative estimate of drug-likeness (QED) is 0.633. The first-order valence-corrected chi connectivity index (χ1v) is 9.24. The SMILES string of the molecule is CC(NCCNC(C)C1CCCCC1)C1CCCCC1.Cl.Cl. The van der Waals surface area contributed by atoms with Gasteiger partial charge in [0.2, 0.25) is 0 Å². The lowest BCUT2D eigenvalue weighted by Crippen LogP contribution is -2.42. The molecule has 2 nitrogen and oxygen atoms in total. The lowest BCUT2D eigenvalue weighted by atomic mass is 9.84. The van der Waals surface area contributed by atoms with Gasteiger partial charge in [0.1, 0.15) is 0 Å². The fourth-order valence-corrected chi connectivity index (χ4v) is 4.20. The molecular formula is C18H38Cl2N2. The monoisotopic (exact) mass is 352 g/mol. The van der Waals surface area contributed by atoms with Gasteiger partial charge in [-0.1, -0.05) is 38.5 Å². The zero-order chi connectivity index (χ0) is 14.2. The molecule has 0 radical (unpaired) electrons. The fraction of sp³-hybridized carbons (Fsp3) is 1.00. The van der Waals surface area contributed by atoms with Crippen LogP contribution in [0.4, 0.5) is 0 Å². The van der Waals surface area contributed by atoms with Crippen molar-refractivity contribution in [3.63, 3.8) is 0 Å². The van der Waals surface area contributed by atoms with Gasteiger partial charge in [-0.15, -0.1) is 24.8 Å². The van der Waals surface area contributed by atoms with Crippen molar-refractivity contribution in [3.05, 3.63) is 0 Å². The second kappa shape index (κ2) is 12.9. The van der Waals surface area contributed by atoms with Gasteiger partial charge in [-0.2, -0.15) is 0 Å². The molecule has 4 heteroatoms. The Kier molecular flexibility index (Phi) is 13.2. The third-order valence-electron chi connectivity index (χ3n) is 5.77. The summed E-state index contributed by atoms with van der Waals surface area (Å²) in [5.74, 6) is 1.86. The highest BCUT2D eigenvalue weighted by molar-refractivity contribution is 5.85. The lowest BCUT2D eigenvalue weighted by molar-refractivity contribution is 0.267. The van der Waals surface area contributed by atoms with E-state index < -0.39 is 0 Å². The molecule has 0 heterocycles. The van der Waals surface area contributed by atoms with Gasteiger partial charge in [0, 0.05) is 25.2 Å². The molecule has 2 fully saturated rings. The highest BCUT2D eigenvalue weighted by Gasteiger charge is 2.21. The molecule has 22 heavy (non-hydrogen) atoms. The molecule has 2 atom stereocenters. The van der Waals surface area contributed by atoms with Gasteiger partial charge >= 0.3 is 0 Å². The Balaban J connectivity index is 0.00000220. The molecule has 2 unspecified atom stereocenters. The third-order valence-corrected chi connectivity index (χ3v) is 5.77. The van der Waals surface area contributed by atoms with Crippen LogP contribution in [0.5, 0.6) is 0 Å². The van der Waals surface area contributed by atoms with E-state index in [0.29, 0.717) is 12.1 Å². The summed E-state index contributed by atoms with van der Waals surface area (Å²) in [5.41, 5.74) is 0. The lowest BCUT2D eigenvalue weighted by Gasteiger charge is -2.30. The van der Waals surface area contributed by atoms with E-state index >= 15 is 0 Å². The summed E-state index contributed by atoms with van der Waals surface area (Å²) in [7, 11) is 0. The number of rotatable bonds is 7. The van der Waals surface area contributed by atoms with Crippen molar-refractivity contribution in [2.75, 3.05) is 13.1 Å². The maximum atomic E-state index is 3.75. The largest absolute Gasteiger partial charge is 0.313 e. The van der Waals surface area contributed by atoms with E-state index in [1.54, 1.807) is 0 Å². The minimum atomic E-state index is 0. The Morgan fingerprint density at radius 3 is 1.27 bits per heavy atom. The van der Waals surface area contributed by atoms with Crippen LogP contribution in [0.15, 0.2) is 0 Å². The van der Waals surface area contributed by atoms with Crippen LogP contribution >= 0.6 is 24.8 Å². The zero-order valence-electron chi connectivity index (χ0n) is 14.6. The maximum absolute atomic E-state index is 3.75. The molecule has 0 aliphatic heterocycles. The summed E-state index contributed by atoms with van der Waals surface area (Å²) in [5, 5.41) is 7.50. The standard InChI is InChI=1S/C18H36N2.2ClH/c1-15(17-9-5-3-6-10-17)19-13-14-20-16(2)18-11-7-4-8-12-18;;/h15-20H,3-14H2,1-2H3;2*1H. The highest BCUT2D eigenvalue weighted by atomic mass is 35.5.